The lowest BCUT2D eigenvalue weighted by molar-refractivity contribution is 0.00110. The average molecular weight is 299 g/mol. The number of hydrogen-bond donors (Lipinski definition) is 1. The second-order valence-corrected chi connectivity index (χ2v) is 4.89. The fourth-order valence-corrected chi connectivity index (χ4v) is 2.12. The van der Waals surface area contributed by atoms with Gasteiger partial charge in [-0.3, -0.25) is 4.98 Å². The lowest BCUT2D eigenvalue weighted by Crippen LogP contribution is -2.23. The first-order valence-electron chi connectivity index (χ1n) is 7.07. The van der Waals surface area contributed by atoms with Gasteiger partial charge in [0.1, 0.15) is 36.3 Å². The molecule has 0 aliphatic heterocycles. The van der Waals surface area contributed by atoms with Crippen LogP contribution in [0.25, 0.3) is 10.9 Å². The molecule has 5 nitrogen and oxygen atoms in total. The molecule has 3 aromatic rings. The van der Waals surface area contributed by atoms with E-state index < -0.39 is 6.10 Å². The molecule has 2 aromatic heterocycles. The zero-order chi connectivity index (χ0) is 15.2. The van der Waals surface area contributed by atoms with Crippen LogP contribution in [0.3, 0.4) is 0 Å². The van der Waals surface area contributed by atoms with E-state index >= 15 is 0 Å². The number of benzene rings is 1. The number of hydrogen-bond acceptors (Lipinski definition) is 5. The SMILES string of the molecule is OC(COCc1ccco1)COc1cccc2cccnc12. The predicted octanol–water partition coefficient (Wildman–Crippen LogP) is 2.78. The Morgan fingerprint density at radius 3 is 2.86 bits per heavy atom. The molecule has 1 atom stereocenters. The molecular formula is C17H17NO4. The van der Waals surface area contributed by atoms with Crippen LogP contribution >= 0.6 is 0 Å². The largest absolute Gasteiger partial charge is 0.489 e. The van der Waals surface area contributed by atoms with Gasteiger partial charge in [-0.05, 0) is 24.3 Å². The topological polar surface area (TPSA) is 64.7 Å². The van der Waals surface area contributed by atoms with Crippen LogP contribution in [0.5, 0.6) is 5.75 Å². The first kappa shape index (κ1) is 14.6. The number of nitrogens with zero attached hydrogens (tertiary/aromatic N) is 1. The lowest BCUT2D eigenvalue weighted by atomic mass is 10.2. The highest BCUT2D eigenvalue weighted by molar-refractivity contribution is 5.84. The highest BCUT2D eigenvalue weighted by Crippen LogP contribution is 2.22. The second-order valence-electron chi connectivity index (χ2n) is 4.89. The average Bonchev–Trinajstić information content (AvgIpc) is 3.06. The van der Waals surface area contributed by atoms with Crippen molar-refractivity contribution in [2.75, 3.05) is 13.2 Å². The van der Waals surface area contributed by atoms with E-state index in [2.05, 4.69) is 4.98 Å². The number of ether oxygens (including phenoxy) is 2. The molecule has 22 heavy (non-hydrogen) atoms. The van der Waals surface area contributed by atoms with Crippen molar-refractivity contribution in [2.45, 2.75) is 12.7 Å². The molecule has 0 bridgehead atoms. The quantitative estimate of drug-likeness (QED) is 0.726. The van der Waals surface area contributed by atoms with Crippen molar-refractivity contribution < 1.29 is 19.0 Å². The van der Waals surface area contributed by atoms with Gasteiger partial charge in [-0.25, -0.2) is 0 Å². The number of pyridine rings is 1. The van der Waals surface area contributed by atoms with Crippen LogP contribution in [0.15, 0.2) is 59.3 Å². The molecule has 0 radical (unpaired) electrons. The van der Waals surface area contributed by atoms with Crippen molar-refractivity contribution in [1.29, 1.82) is 0 Å². The summed E-state index contributed by atoms with van der Waals surface area (Å²) in [6, 6.07) is 13.2. The van der Waals surface area contributed by atoms with Gasteiger partial charge < -0.3 is 19.0 Å². The molecule has 0 aliphatic carbocycles. The minimum Gasteiger partial charge on any atom is -0.489 e. The molecule has 3 rings (SSSR count). The molecule has 2 heterocycles. The summed E-state index contributed by atoms with van der Waals surface area (Å²) in [7, 11) is 0. The van der Waals surface area contributed by atoms with Crippen molar-refractivity contribution in [3.05, 3.63) is 60.7 Å². The van der Waals surface area contributed by atoms with Crippen LogP contribution in [-0.4, -0.2) is 29.4 Å². The van der Waals surface area contributed by atoms with Gasteiger partial charge in [0.25, 0.3) is 0 Å². The molecule has 0 saturated heterocycles. The third-order valence-corrected chi connectivity index (χ3v) is 3.16. The first-order valence-corrected chi connectivity index (χ1v) is 7.07. The van der Waals surface area contributed by atoms with Gasteiger partial charge in [0.05, 0.1) is 12.9 Å². The standard InChI is InChI=1S/C17H17NO4/c19-14(10-20-12-15-6-3-9-21-15)11-22-16-7-1-4-13-5-2-8-18-17(13)16/h1-9,14,19H,10-12H2. The Morgan fingerprint density at radius 1 is 1.09 bits per heavy atom. The van der Waals surface area contributed by atoms with Crippen LogP contribution < -0.4 is 4.74 Å². The Morgan fingerprint density at radius 2 is 2.00 bits per heavy atom. The molecule has 5 heteroatoms. The van der Waals surface area contributed by atoms with Crippen molar-refractivity contribution in [3.8, 4) is 5.75 Å². The van der Waals surface area contributed by atoms with E-state index in [0.29, 0.717) is 12.4 Å². The zero-order valence-electron chi connectivity index (χ0n) is 12.0. The Labute approximate surface area is 128 Å². The zero-order valence-corrected chi connectivity index (χ0v) is 12.0. The molecule has 0 spiro atoms. The monoisotopic (exact) mass is 299 g/mol. The highest BCUT2D eigenvalue weighted by Gasteiger charge is 2.09. The fraction of sp³-hybridized carbons (Fsp3) is 0.235. The molecule has 1 N–H and O–H groups in total. The van der Waals surface area contributed by atoms with E-state index in [-0.39, 0.29) is 13.2 Å². The van der Waals surface area contributed by atoms with Crippen molar-refractivity contribution >= 4 is 10.9 Å². The summed E-state index contributed by atoms with van der Waals surface area (Å²) in [5.41, 5.74) is 0.786. The number of aliphatic hydroxyl groups excluding tert-OH is 1. The van der Waals surface area contributed by atoms with Crippen LogP contribution in [0.1, 0.15) is 5.76 Å². The summed E-state index contributed by atoms with van der Waals surface area (Å²) >= 11 is 0. The van der Waals surface area contributed by atoms with E-state index in [9.17, 15) is 5.11 Å². The summed E-state index contributed by atoms with van der Waals surface area (Å²) in [4.78, 5) is 4.30. The van der Waals surface area contributed by atoms with E-state index in [1.807, 2.05) is 36.4 Å². The third-order valence-electron chi connectivity index (χ3n) is 3.16. The minimum absolute atomic E-state index is 0.147. The van der Waals surface area contributed by atoms with Crippen molar-refractivity contribution in [3.63, 3.8) is 0 Å². The van der Waals surface area contributed by atoms with Crippen LogP contribution in [0.2, 0.25) is 0 Å². The van der Waals surface area contributed by atoms with Gasteiger partial charge >= 0.3 is 0 Å². The smallest absolute Gasteiger partial charge is 0.145 e. The summed E-state index contributed by atoms with van der Waals surface area (Å²) in [5, 5.41) is 10.9. The number of rotatable bonds is 7. The van der Waals surface area contributed by atoms with Gasteiger partial charge in [-0.1, -0.05) is 18.2 Å². The van der Waals surface area contributed by atoms with Gasteiger partial charge in [0.15, 0.2) is 0 Å². The normalized spacial score (nSPS) is 12.4. The van der Waals surface area contributed by atoms with E-state index in [0.717, 1.165) is 16.7 Å². The minimum atomic E-state index is -0.714. The van der Waals surface area contributed by atoms with Gasteiger partial charge in [0.2, 0.25) is 0 Å². The molecule has 0 fully saturated rings. The Hall–Kier alpha value is -2.37. The fourth-order valence-electron chi connectivity index (χ4n) is 2.12. The number of aromatic nitrogens is 1. The summed E-state index contributed by atoms with van der Waals surface area (Å²) in [5.74, 6) is 1.38. The van der Waals surface area contributed by atoms with Crippen molar-refractivity contribution in [2.24, 2.45) is 0 Å². The van der Waals surface area contributed by atoms with E-state index in [1.54, 1.807) is 18.5 Å². The van der Waals surface area contributed by atoms with E-state index in [1.165, 1.54) is 0 Å². The van der Waals surface area contributed by atoms with Crippen LogP contribution in [-0.2, 0) is 11.3 Å². The molecule has 0 amide bonds. The number of fused-ring (bicyclic) bond motifs is 1. The molecule has 0 aliphatic rings. The maximum Gasteiger partial charge on any atom is 0.145 e. The Bertz CT molecular complexity index is 706. The van der Waals surface area contributed by atoms with Crippen LogP contribution in [0, 0.1) is 0 Å². The number of furan rings is 1. The van der Waals surface area contributed by atoms with E-state index in [4.69, 9.17) is 13.9 Å². The maximum absolute atomic E-state index is 9.91. The molecule has 1 aromatic carbocycles. The highest BCUT2D eigenvalue weighted by atomic mass is 16.5. The van der Waals surface area contributed by atoms with Gasteiger partial charge in [-0.15, -0.1) is 0 Å². The summed E-state index contributed by atoms with van der Waals surface area (Å²) < 4.78 is 16.2. The first-order chi connectivity index (χ1) is 10.8. The second kappa shape index (κ2) is 7.06. The Kier molecular flexibility index (Phi) is 4.68. The molecule has 1 unspecified atom stereocenters. The Balaban J connectivity index is 1.50. The van der Waals surface area contributed by atoms with Crippen molar-refractivity contribution in [1.82, 2.24) is 4.98 Å². The summed E-state index contributed by atoms with van der Waals surface area (Å²) in [6.07, 6.45) is 2.60. The molecular weight excluding hydrogens is 282 g/mol. The lowest BCUT2D eigenvalue weighted by Gasteiger charge is -2.13. The predicted molar refractivity (Wildman–Crippen MR) is 81.6 cm³/mol. The van der Waals surface area contributed by atoms with Gasteiger partial charge in [-0.2, -0.15) is 0 Å². The third kappa shape index (κ3) is 3.63. The number of aliphatic hydroxyl groups is 1. The summed E-state index contributed by atoms with van der Waals surface area (Å²) in [6.45, 7) is 0.659. The van der Waals surface area contributed by atoms with Crippen LogP contribution in [0.4, 0.5) is 0 Å². The molecule has 114 valence electrons. The molecule has 0 saturated carbocycles. The van der Waals surface area contributed by atoms with Gasteiger partial charge in [0, 0.05) is 11.6 Å². The maximum atomic E-state index is 9.91. The number of para-hydroxylation sites is 1.